The maximum atomic E-state index is 9.40. The predicted molar refractivity (Wildman–Crippen MR) is 89.6 cm³/mol. The molecule has 0 N–H and O–H groups in total. The molecule has 0 amide bonds. The lowest BCUT2D eigenvalue weighted by molar-refractivity contribution is 0.304. The lowest BCUT2D eigenvalue weighted by Crippen LogP contribution is -2.04. The highest BCUT2D eigenvalue weighted by atomic mass is 16.5. The summed E-state index contributed by atoms with van der Waals surface area (Å²) in [5.74, 6) is 1.93. The molecule has 4 nitrogen and oxygen atoms in total. The summed E-state index contributed by atoms with van der Waals surface area (Å²) in [6.07, 6.45) is 1.55. The lowest BCUT2D eigenvalue weighted by atomic mass is 9.94. The van der Waals surface area contributed by atoms with Gasteiger partial charge >= 0.3 is 0 Å². The second-order valence-corrected chi connectivity index (χ2v) is 6.14. The van der Waals surface area contributed by atoms with Gasteiger partial charge < -0.3 is 9.26 Å². The van der Waals surface area contributed by atoms with Crippen LogP contribution in [0.5, 0.6) is 5.75 Å². The Labute approximate surface area is 138 Å². The van der Waals surface area contributed by atoms with Gasteiger partial charge in [-0.1, -0.05) is 31.1 Å². The Bertz CT molecular complexity index is 663. The molecule has 4 heteroatoms. The zero-order chi connectivity index (χ0) is 16.8. The highest BCUT2D eigenvalue weighted by Crippen LogP contribution is 2.27. The van der Waals surface area contributed by atoms with Gasteiger partial charge in [-0.3, -0.25) is 0 Å². The van der Waals surface area contributed by atoms with E-state index < -0.39 is 0 Å². The number of hydrogen-bond acceptors (Lipinski definition) is 4. The topological polar surface area (TPSA) is 59.0 Å². The molecule has 0 radical (unpaired) electrons. The van der Waals surface area contributed by atoms with E-state index in [0.717, 1.165) is 35.6 Å². The summed E-state index contributed by atoms with van der Waals surface area (Å²) in [4.78, 5) is 0. The highest BCUT2D eigenvalue weighted by molar-refractivity contribution is 5.31. The van der Waals surface area contributed by atoms with Gasteiger partial charge in [0.05, 0.1) is 24.3 Å². The van der Waals surface area contributed by atoms with E-state index in [9.17, 15) is 5.26 Å². The van der Waals surface area contributed by atoms with Crippen molar-refractivity contribution in [1.29, 1.82) is 5.26 Å². The van der Waals surface area contributed by atoms with Crippen LogP contribution in [0.3, 0.4) is 0 Å². The summed E-state index contributed by atoms with van der Waals surface area (Å²) in [5.41, 5.74) is 3.00. The standard InChI is InChI=1S/C19H24N2O2/c1-13(2)16-7-5-9-18(11-16)22-10-6-8-17(12-20)19-14(3)21-23-15(19)4/h5,7,9,11,13,17H,6,8,10H2,1-4H3. The van der Waals surface area contributed by atoms with Gasteiger partial charge in [-0.05, 0) is 50.3 Å². The maximum Gasteiger partial charge on any atom is 0.138 e. The minimum atomic E-state index is -0.188. The van der Waals surface area contributed by atoms with Crippen molar-refractivity contribution in [3.8, 4) is 11.8 Å². The predicted octanol–water partition coefficient (Wildman–Crippen LogP) is 4.88. The number of hydrogen-bond donors (Lipinski definition) is 0. The zero-order valence-electron chi connectivity index (χ0n) is 14.3. The number of nitrogens with zero attached hydrogens (tertiary/aromatic N) is 2. The van der Waals surface area contributed by atoms with Crippen LogP contribution in [-0.4, -0.2) is 11.8 Å². The van der Waals surface area contributed by atoms with Gasteiger partial charge in [0, 0.05) is 5.56 Å². The van der Waals surface area contributed by atoms with Gasteiger partial charge in [0.2, 0.25) is 0 Å². The van der Waals surface area contributed by atoms with Gasteiger partial charge in [0.15, 0.2) is 0 Å². The average Bonchev–Trinajstić information content (AvgIpc) is 2.87. The quantitative estimate of drug-likeness (QED) is 0.684. The van der Waals surface area contributed by atoms with Gasteiger partial charge in [-0.15, -0.1) is 0 Å². The molecule has 0 aliphatic carbocycles. The fourth-order valence-corrected chi connectivity index (χ4v) is 2.70. The fourth-order valence-electron chi connectivity index (χ4n) is 2.70. The minimum Gasteiger partial charge on any atom is -0.494 e. The molecule has 1 aromatic carbocycles. The van der Waals surface area contributed by atoms with E-state index in [1.165, 1.54) is 5.56 Å². The summed E-state index contributed by atoms with van der Waals surface area (Å²) >= 11 is 0. The molecular formula is C19H24N2O2. The summed E-state index contributed by atoms with van der Waals surface area (Å²) in [6, 6.07) is 10.5. The third-order valence-electron chi connectivity index (χ3n) is 4.02. The normalized spacial score (nSPS) is 12.2. The number of ether oxygens (including phenoxy) is 1. The van der Waals surface area contributed by atoms with Crippen LogP contribution in [0.4, 0.5) is 0 Å². The molecular weight excluding hydrogens is 288 g/mol. The number of nitriles is 1. The Morgan fingerprint density at radius 3 is 2.70 bits per heavy atom. The summed E-state index contributed by atoms with van der Waals surface area (Å²) < 4.78 is 11.0. The number of aromatic nitrogens is 1. The van der Waals surface area contributed by atoms with Crippen molar-refractivity contribution in [2.45, 2.75) is 52.4 Å². The van der Waals surface area contributed by atoms with Crippen molar-refractivity contribution < 1.29 is 9.26 Å². The van der Waals surface area contributed by atoms with Crippen LogP contribution >= 0.6 is 0 Å². The van der Waals surface area contributed by atoms with Gasteiger partial charge in [-0.2, -0.15) is 5.26 Å². The minimum absolute atomic E-state index is 0.188. The third-order valence-corrected chi connectivity index (χ3v) is 4.02. The molecule has 0 fully saturated rings. The molecule has 0 aliphatic heterocycles. The van der Waals surface area contributed by atoms with Crippen LogP contribution in [0.25, 0.3) is 0 Å². The Kier molecular flexibility index (Phi) is 5.81. The van der Waals surface area contributed by atoms with Crippen LogP contribution in [0.1, 0.15) is 61.1 Å². The number of aryl methyl sites for hydroxylation is 2. The Morgan fingerprint density at radius 1 is 1.30 bits per heavy atom. The molecule has 1 heterocycles. The molecule has 1 unspecified atom stereocenters. The number of rotatable bonds is 7. The van der Waals surface area contributed by atoms with Crippen LogP contribution < -0.4 is 4.74 Å². The Hall–Kier alpha value is -2.28. The SMILES string of the molecule is Cc1noc(C)c1C(C#N)CCCOc1cccc(C(C)C)c1. The lowest BCUT2D eigenvalue weighted by Gasteiger charge is -2.11. The molecule has 0 saturated carbocycles. The van der Waals surface area contributed by atoms with Crippen molar-refractivity contribution in [2.24, 2.45) is 0 Å². The summed E-state index contributed by atoms with van der Waals surface area (Å²) in [5, 5.41) is 13.3. The van der Waals surface area contributed by atoms with E-state index in [0.29, 0.717) is 12.5 Å². The molecule has 0 aliphatic rings. The Morgan fingerprint density at radius 2 is 2.09 bits per heavy atom. The van der Waals surface area contributed by atoms with Crippen LogP contribution in [0.2, 0.25) is 0 Å². The van der Waals surface area contributed by atoms with Crippen LogP contribution in [0.15, 0.2) is 28.8 Å². The van der Waals surface area contributed by atoms with E-state index in [-0.39, 0.29) is 5.92 Å². The van der Waals surface area contributed by atoms with E-state index in [1.807, 2.05) is 26.0 Å². The first-order chi connectivity index (χ1) is 11.0. The molecule has 2 aromatic rings. The van der Waals surface area contributed by atoms with Gasteiger partial charge in [0.1, 0.15) is 11.5 Å². The molecule has 1 atom stereocenters. The molecule has 2 rings (SSSR count). The third kappa shape index (κ3) is 4.35. The Balaban J connectivity index is 1.87. The molecule has 0 spiro atoms. The average molecular weight is 312 g/mol. The van der Waals surface area contributed by atoms with Gasteiger partial charge in [-0.25, -0.2) is 0 Å². The number of benzene rings is 1. The van der Waals surface area contributed by atoms with Crippen molar-refractivity contribution in [3.05, 3.63) is 46.8 Å². The maximum absolute atomic E-state index is 9.40. The molecule has 23 heavy (non-hydrogen) atoms. The van der Waals surface area contributed by atoms with Crippen molar-refractivity contribution in [1.82, 2.24) is 5.16 Å². The van der Waals surface area contributed by atoms with Crippen LogP contribution in [-0.2, 0) is 0 Å². The molecule has 0 saturated heterocycles. The zero-order valence-corrected chi connectivity index (χ0v) is 14.3. The van der Waals surface area contributed by atoms with Crippen LogP contribution in [0, 0.1) is 25.2 Å². The molecule has 1 aromatic heterocycles. The van der Waals surface area contributed by atoms with Gasteiger partial charge in [0.25, 0.3) is 0 Å². The highest BCUT2D eigenvalue weighted by Gasteiger charge is 2.19. The van der Waals surface area contributed by atoms with E-state index in [1.54, 1.807) is 0 Å². The first kappa shape index (κ1) is 17.1. The van der Waals surface area contributed by atoms with E-state index in [2.05, 4.69) is 37.2 Å². The first-order valence-electron chi connectivity index (χ1n) is 8.08. The molecule has 0 bridgehead atoms. The van der Waals surface area contributed by atoms with Crippen molar-refractivity contribution >= 4 is 0 Å². The second-order valence-electron chi connectivity index (χ2n) is 6.14. The largest absolute Gasteiger partial charge is 0.494 e. The second kappa shape index (κ2) is 7.82. The smallest absolute Gasteiger partial charge is 0.138 e. The van der Waals surface area contributed by atoms with E-state index >= 15 is 0 Å². The van der Waals surface area contributed by atoms with Crippen molar-refractivity contribution in [2.75, 3.05) is 6.61 Å². The van der Waals surface area contributed by atoms with Crippen molar-refractivity contribution in [3.63, 3.8) is 0 Å². The fraction of sp³-hybridized carbons (Fsp3) is 0.474. The molecule has 122 valence electrons. The summed E-state index contributed by atoms with van der Waals surface area (Å²) in [6.45, 7) is 8.67. The summed E-state index contributed by atoms with van der Waals surface area (Å²) in [7, 11) is 0. The first-order valence-corrected chi connectivity index (χ1v) is 8.08. The van der Waals surface area contributed by atoms with E-state index in [4.69, 9.17) is 9.26 Å². The monoisotopic (exact) mass is 312 g/mol.